The van der Waals surface area contributed by atoms with Gasteiger partial charge in [0.1, 0.15) is 0 Å². The molecule has 0 atom stereocenters. The first-order chi connectivity index (χ1) is 10.3. The third kappa shape index (κ3) is 2.45. The van der Waals surface area contributed by atoms with Gasteiger partial charge in [0.05, 0.1) is 29.7 Å². The molecule has 1 N–H and O–H groups in total. The standard InChI is InChI=1S/C15H20BN3O3/c1-14(2)15(3,4)22-16(21-14)11(10-20)8-12-9-18-13-17-6-5-7-19(12)13/h5-9,20H,10H2,1-4H3. The van der Waals surface area contributed by atoms with Gasteiger partial charge in [0, 0.05) is 12.4 Å². The lowest BCUT2D eigenvalue weighted by Gasteiger charge is -2.32. The highest BCUT2D eigenvalue weighted by Crippen LogP contribution is 2.38. The summed E-state index contributed by atoms with van der Waals surface area (Å²) in [6.45, 7) is 7.80. The second kappa shape index (κ2) is 5.19. The molecule has 2 aromatic rings. The number of fused-ring (bicyclic) bond motifs is 1. The van der Waals surface area contributed by atoms with Crippen molar-refractivity contribution in [2.24, 2.45) is 0 Å². The molecule has 0 radical (unpaired) electrons. The third-order valence-electron chi connectivity index (χ3n) is 4.39. The van der Waals surface area contributed by atoms with Gasteiger partial charge in [-0.15, -0.1) is 0 Å². The Labute approximate surface area is 129 Å². The Balaban J connectivity index is 1.95. The van der Waals surface area contributed by atoms with E-state index in [0.717, 1.165) is 5.69 Å². The topological polar surface area (TPSA) is 68.9 Å². The maximum absolute atomic E-state index is 9.72. The van der Waals surface area contributed by atoms with Crippen LogP contribution >= 0.6 is 0 Å². The molecule has 22 heavy (non-hydrogen) atoms. The highest BCUT2D eigenvalue weighted by molar-refractivity contribution is 6.55. The van der Waals surface area contributed by atoms with Crippen LogP contribution in [0.15, 0.2) is 30.1 Å². The monoisotopic (exact) mass is 301 g/mol. The lowest BCUT2D eigenvalue weighted by atomic mass is 9.78. The van der Waals surface area contributed by atoms with Gasteiger partial charge in [-0.3, -0.25) is 4.40 Å². The second-order valence-electron chi connectivity index (χ2n) is 6.44. The zero-order chi connectivity index (χ0) is 16.0. The van der Waals surface area contributed by atoms with Crippen LogP contribution < -0.4 is 0 Å². The van der Waals surface area contributed by atoms with E-state index in [1.807, 2.05) is 50.4 Å². The van der Waals surface area contributed by atoms with Crippen LogP contribution in [-0.4, -0.2) is 44.4 Å². The minimum absolute atomic E-state index is 0.148. The molecule has 7 heteroatoms. The molecule has 0 spiro atoms. The van der Waals surface area contributed by atoms with E-state index in [9.17, 15) is 5.11 Å². The number of aliphatic hydroxyl groups is 1. The lowest BCUT2D eigenvalue weighted by molar-refractivity contribution is 0.00578. The maximum atomic E-state index is 9.72. The summed E-state index contributed by atoms with van der Waals surface area (Å²) in [5.41, 5.74) is 0.603. The van der Waals surface area contributed by atoms with E-state index < -0.39 is 18.3 Å². The number of hydrogen-bond donors (Lipinski definition) is 1. The van der Waals surface area contributed by atoms with Crippen molar-refractivity contribution in [2.75, 3.05) is 6.61 Å². The van der Waals surface area contributed by atoms with E-state index in [2.05, 4.69) is 9.97 Å². The molecule has 1 aliphatic rings. The fourth-order valence-corrected chi connectivity index (χ4v) is 2.33. The van der Waals surface area contributed by atoms with Crippen molar-refractivity contribution in [2.45, 2.75) is 38.9 Å². The molecule has 0 amide bonds. The molecule has 0 unspecified atom stereocenters. The minimum Gasteiger partial charge on any atom is -0.400 e. The van der Waals surface area contributed by atoms with Crippen LogP contribution in [0.1, 0.15) is 33.4 Å². The molecule has 6 nitrogen and oxygen atoms in total. The predicted octanol–water partition coefficient (Wildman–Crippen LogP) is 1.74. The number of rotatable bonds is 3. The SMILES string of the molecule is CC1(C)OB(C(=Cc2cnc3ncccn23)CO)OC1(C)C. The van der Waals surface area contributed by atoms with Crippen LogP contribution in [-0.2, 0) is 9.31 Å². The third-order valence-corrected chi connectivity index (χ3v) is 4.39. The molecule has 0 saturated carbocycles. The molecule has 3 rings (SSSR count). The molecule has 0 aromatic carbocycles. The Bertz CT molecular complexity index is 708. The highest BCUT2D eigenvalue weighted by Gasteiger charge is 2.52. The van der Waals surface area contributed by atoms with E-state index in [4.69, 9.17) is 9.31 Å². The highest BCUT2D eigenvalue weighted by atomic mass is 16.7. The Hall–Kier alpha value is -1.70. The molecular weight excluding hydrogens is 281 g/mol. The molecule has 2 aromatic heterocycles. The molecule has 1 aliphatic heterocycles. The van der Waals surface area contributed by atoms with E-state index >= 15 is 0 Å². The summed E-state index contributed by atoms with van der Waals surface area (Å²) in [6, 6.07) is 1.83. The zero-order valence-electron chi connectivity index (χ0n) is 13.3. The van der Waals surface area contributed by atoms with Crippen LogP contribution in [0.5, 0.6) is 0 Å². The van der Waals surface area contributed by atoms with Gasteiger partial charge >= 0.3 is 7.12 Å². The summed E-state index contributed by atoms with van der Waals surface area (Å²) in [5, 5.41) is 9.72. The molecule has 0 aliphatic carbocycles. The van der Waals surface area contributed by atoms with E-state index in [1.54, 1.807) is 12.4 Å². The molecule has 1 saturated heterocycles. The molecule has 0 bridgehead atoms. The van der Waals surface area contributed by atoms with Crippen LogP contribution in [0.3, 0.4) is 0 Å². The number of aromatic nitrogens is 3. The van der Waals surface area contributed by atoms with Crippen LogP contribution in [0.2, 0.25) is 0 Å². The van der Waals surface area contributed by atoms with E-state index in [1.165, 1.54) is 0 Å². The quantitative estimate of drug-likeness (QED) is 0.875. The zero-order valence-corrected chi connectivity index (χ0v) is 13.3. The molecule has 1 fully saturated rings. The van der Waals surface area contributed by atoms with Crippen LogP contribution in [0, 0.1) is 0 Å². The van der Waals surface area contributed by atoms with Crippen molar-refractivity contribution in [3.05, 3.63) is 35.8 Å². The Kier molecular flexibility index (Phi) is 3.59. The van der Waals surface area contributed by atoms with E-state index in [0.29, 0.717) is 11.3 Å². The molecule has 3 heterocycles. The average molecular weight is 301 g/mol. The summed E-state index contributed by atoms with van der Waals surface area (Å²) in [4.78, 5) is 8.41. The summed E-state index contributed by atoms with van der Waals surface area (Å²) in [5.74, 6) is 0.611. The lowest BCUT2D eigenvalue weighted by Crippen LogP contribution is -2.41. The number of nitrogens with zero attached hydrogens (tertiary/aromatic N) is 3. The maximum Gasteiger partial charge on any atom is 0.492 e. The van der Waals surface area contributed by atoms with Crippen molar-refractivity contribution >= 4 is 19.0 Å². The Morgan fingerprint density at radius 2 is 1.95 bits per heavy atom. The predicted molar refractivity (Wildman–Crippen MR) is 84.1 cm³/mol. The van der Waals surface area contributed by atoms with E-state index in [-0.39, 0.29) is 6.61 Å². The first kappa shape index (κ1) is 15.2. The normalized spacial score (nSPS) is 20.8. The first-order valence-corrected chi connectivity index (χ1v) is 7.29. The Morgan fingerprint density at radius 1 is 1.27 bits per heavy atom. The van der Waals surface area contributed by atoms with Crippen molar-refractivity contribution in [1.29, 1.82) is 0 Å². The van der Waals surface area contributed by atoms with Gasteiger partial charge in [0.15, 0.2) is 0 Å². The summed E-state index contributed by atoms with van der Waals surface area (Å²) in [6.07, 6.45) is 7.12. The first-order valence-electron chi connectivity index (χ1n) is 7.29. The number of hydrogen-bond acceptors (Lipinski definition) is 5. The van der Waals surface area contributed by atoms with Gasteiger partial charge in [-0.1, -0.05) is 0 Å². The number of imidazole rings is 1. The number of aliphatic hydroxyl groups excluding tert-OH is 1. The van der Waals surface area contributed by atoms with Gasteiger partial charge in [-0.25, -0.2) is 9.97 Å². The summed E-state index contributed by atoms with van der Waals surface area (Å²) in [7, 11) is -0.572. The van der Waals surface area contributed by atoms with Crippen LogP contribution in [0.4, 0.5) is 0 Å². The largest absolute Gasteiger partial charge is 0.492 e. The molecule has 116 valence electrons. The van der Waals surface area contributed by atoms with Gasteiger partial charge in [0.2, 0.25) is 5.78 Å². The van der Waals surface area contributed by atoms with Gasteiger partial charge in [-0.05, 0) is 45.3 Å². The van der Waals surface area contributed by atoms with Crippen molar-refractivity contribution < 1.29 is 14.4 Å². The van der Waals surface area contributed by atoms with Crippen LogP contribution in [0.25, 0.3) is 11.9 Å². The fraction of sp³-hybridized carbons (Fsp3) is 0.467. The molecular formula is C15H20BN3O3. The minimum atomic E-state index is -0.572. The second-order valence-corrected chi connectivity index (χ2v) is 6.44. The van der Waals surface area contributed by atoms with Crippen molar-refractivity contribution in [1.82, 2.24) is 14.4 Å². The van der Waals surface area contributed by atoms with Crippen molar-refractivity contribution in [3.63, 3.8) is 0 Å². The fourth-order valence-electron chi connectivity index (χ4n) is 2.33. The van der Waals surface area contributed by atoms with Crippen molar-refractivity contribution in [3.8, 4) is 0 Å². The van der Waals surface area contributed by atoms with Gasteiger partial charge in [-0.2, -0.15) is 0 Å². The Morgan fingerprint density at radius 3 is 2.59 bits per heavy atom. The average Bonchev–Trinajstić information content (AvgIpc) is 2.95. The van der Waals surface area contributed by atoms with Gasteiger partial charge in [0.25, 0.3) is 0 Å². The van der Waals surface area contributed by atoms with Gasteiger partial charge < -0.3 is 14.4 Å². The smallest absolute Gasteiger partial charge is 0.400 e. The summed E-state index contributed by atoms with van der Waals surface area (Å²) < 4.78 is 13.8. The summed E-state index contributed by atoms with van der Waals surface area (Å²) >= 11 is 0.